The number of anilines is 1. The van der Waals surface area contributed by atoms with Crippen molar-refractivity contribution in [3.05, 3.63) is 33.9 Å². The van der Waals surface area contributed by atoms with E-state index in [1.807, 2.05) is 11.9 Å². The second-order valence-electron chi connectivity index (χ2n) is 7.14. The Morgan fingerprint density at radius 3 is 2.85 bits per heavy atom. The fraction of sp³-hybridized carbons (Fsp3) is 0.500. The first kappa shape index (κ1) is 17.0. The van der Waals surface area contributed by atoms with Crippen LogP contribution in [0.3, 0.4) is 0 Å². The van der Waals surface area contributed by atoms with Gasteiger partial charge >= 0.3 is 5.97 Å². The number of rotatable bonds is 5. The zero-order valence-electron chi connectivity index (χ0n) is 14.5. The minimum atomic E-state index is -1.30. The van der Waals surface area contributed by atoms with Crippen LogP contribution < -0.4 is 15.6 Å². The Kier molecular flexibility index (Phi) is 4.14. The zero-order chi connectivity index (χ0) is 18.4. The Labute approximate surface area is 149 Å². The Morgan fingerprint density at radius 1 is 1.42 bits per heavy atom. The maximum absolute atomic E-state index is 14.7. The zero-order valence-corrected chi connectivity index (χ0v) is 14.5. The number of fused-ring (bicyclic) bond motifs is 1. The van der Waals surface area contributed by atoms with Crippen molar-refractivity contribution < 1.29 is 14.3 Å². The lowest BCUT2D eigenvalue weighted by atomic mass is 10.1. The smallest absolute Gasteiger partial charge is 0.341 e. The lowest BCUT2D eigenvalue weighted by Gasteiger charge is -2.20. The minimum Gasteiger partial charge on any atom is -0.477 e. The molecule has 3 heterocycles. The predicted molar refractivity (Wildman–Crippen MR) is 95.4 cm³/mol. The molecule has 138 valence electrons. The molecule has 0 aromatic carbocycles. The molecule has 7 nitrogen and oxygen atoms in total. The quantitative estimate of drug-likeness (QED) is 0.842. The van der Waals surface area contributed by atoms with Crippen molar-refractivity contribution >= 4 is 22.8 Å². The fourth-order valence-electron chi connectivity index (χ4n) is 3.72. The summed E-state index contributed by atoms with van der Waals surface area (Å²) in [6, 6.07) is 1.27. The maximum atomic E-state index is 14.7. The summed E-state index contributed by atoms with van der Waals surface area (Å²) >= 11 is 0. The van der Waals surface area contributed by atoms with Gasteiger partial charge < -0.3 is 19.9 Å². The average molecular weight is 360 g/mol. The van der Waals surface area contributed by atoms with Crippen molar-refractivity contribution in [1.29, 1.82) is 0 Å². The molecule has 0 amide bonds. The number of nitrogens with zero attached hydrogens (tertiary/aromatic N) is 3. The van der Waals surface area contributed by atoms with Crippen molar-refractivity contribution in [1.82, 2.24) is 14.9 Å². The van der Waals surface area contributed by atoms with E-state index in [-0.39, 0.29) is 22.8 Å². The van der Waals surface area contributed by atoms with Crippen LogP contribution in [0.1, 0.15) is 35.7 Å². The number of halogens is 1. The number of hydrogen-bond donors (Lipinski definition) is 2. The van der Waals surface area contributed by atoms with E-state index in [0.29, 0.717) is 24.7 Å². The third kappa shape index (κ3) is 2.84. The van der Waals surface area contributed by atoms with Crippen LogP contribution >= 0.6 is 0 Å². The molecule has 1 saturated carbocycles. The Balaban J connectivity index is 1.84. The molecule has 0 spiro atoms. The molecule has 8 heteroatoms. The summed E-state index contributed by atoms with van der Waals surface area (Å²) in [7, 11) is 1.89. The van der Waals surface area contributed by atoms with Crippen LogP contribution in [0.4, 0.5) is 10.2 Å². The fourth-order valence-corrected chi connectivity index (χ4v) is 3.72. The van der Waals surface area contributed by atoms with Crippen LogP contribution in [0.15, 0.2) is 17.1 Å². The molecule has 1 aliphatic heterocycles. The largest absolute Gasteiger partial charge is 0.477 e. The number of hydrogen-bond acceptors (Lipinski definition) is 5. The second kappa shape index (κ2) is 6.35. The summed E-state index contributed by atoms with van der Waals surface area (Å²) < 4.78 is 16.5. The Morgan fingerprint density at radius 2 is 2.19 bits per heavy atom. The van der Waals surface area contributed by atoms with Gasteiger partial charge in [0.15, 0.2) is 11.6 Å². The summed E-state index contributed by atoms with van der Waals surface area (Å²) in [5.74, 6) is -1.21. The molecule has 2 aliphatic rings. The third-order valence-corrected chi connectivity index (χ3v) is 5.19. The Bertz CT molecular complexity index is 938. The van der Waals surface area contributed by atoms with Crippen molar-refractivity contribution in [2.24, 2.45) is 5.92 Å². The normalized spacial score (nSPS) is 20.1. The molecule has 4 rings (SSSR count). The molecule has 2 aromatic heterocycles. The van der Waals surface area contributed by atoms with Crippen molar-refractivity contribution in [2.75, 3.05) is 31.6 Å². The predicted octanol–water partition coefficient (Wildman–Crippen LogP) is 1.61. The van der Waals surface area contributed by atoms with Crippen LogP contribution in [-0.4, -0.2) is 47.3 Å². The maximum Gasteiger partial charge on any atom is 0.341 e. The SMILES string of the molecule is CNCC1CCN(c2nc3c(cc2F)c(=O)c(C(=O)O)cn3C2CC2)C1. The first-order valence-electron chi connectivity index (χ1n) is 8.87. The van der Waals surface area contributed by atoms with Gasteiger partial charge in [0.1, 0.15) is 11.2 Å². The van der Waals surface area contributed by atoms with Gasteiger partial charge in [-0.1, -0.05) is 0 Å². The number of aromatic nitrogens is 2. The first-order chi connectivity index (χ1) is 12.5. The van der Waals surface area contributed by atoms with Gasteiger partial charge in [-0.2, -0.15) is 0 Å². The lowest BCUT2D eigenvalue weighted by molar-refractivity contribution is 0.0695. The van der Waals surface area contributed by atoms with Gasteiger partial charge in [0.2, 0.25) is 5.43 Å². The van der Waals surface area contributed by atoms with Crippen LogP contribution in [0, 0.1) is 11.7 Å². The molecule has 1 saturated heterocycles. The minimum absolute atomic E-state index is 0.0315. The van der Waals surface area contributed by atoms with E-state index >= 15 is 0 Å². The topological polar surface area (TPSA) is 87.5 Å². The summed E-state index contributed by atoms with van der Waals surface area (Å²) in [4.78, 5) is 30.2. The molecule has 0 bridgehead atoms. The molecule has 2 N–H and O–H groups in total. The number of carboxylic acids is 1. The number of carboxylic acid groups (broad SMARTS) is 1. The average Bonchev–Trinajstić information content (AvgIpc) is 3.34. The van der Waals surface area contributed by atoms with Crippen LogP contribution in [0.5, 0.6) is 0 Å². The van der Waals surface area contributed by atoms with Gasteiger partial charge in [0.25, 0.3) is 0 Å². The van der Waals surface area contributed by atoms with Crippen LogP contribution in [0.25, 0.3) is 11.0 Å². The summed E-state index contributed by atoms with van der Waals surface area (Å²) in [6.07, 6.45) is 4.11. The molecule has 0 radical (unpaired) electrons. The highest BCUT2D eigenvalue weighted by atomic mass is 19.1. The summed E-state index contributed by atoms with van der Waals surface area (Å²) in [6.45, 7) is 2.28. The number of carbonyl (C=O) groups is 1. The van der Waals surface area contributed by atoms with Gasteiger partial charge in [-0.15, -0.1) is 0 Å². The molecule has 26 heavy (non-hydrogen) atoms. The molecular formula is C18H21FN4O3. The van der Waals surface area contributed by atoms with E-state index in [1.54, 1.807) is 4.57 Å². The Hall–Kier alpha value is -2.48. The van der Waals surface area contributed by atoms with E-state index in [2.05, 4.69) is 10.3 Å². The van der Waals surface area contributed by atoms with E-state index in [1.165, 1.54) is 6.20 Å². The van der Waals surface area contributed by atoms with E-state index in [9.17, 15) is 19.1 Å². The second-order valence-corrected chi connectivity index (χ2v) is 7.14. The van der Waals surface area contributed by atoms with Crippen LogP contribution in [-0.2, 0) is 0 Å². The highest BCUT2D eigenvalue weighted by molar-refractivity contribution is 5.92. The van der Waals surface area contributed by atoms with Gasteiger partial charge in [0, 0.05) is 25.3 Å². The van der Waals surface area contributed by atoms with E-state index in [4.69, 9.17) is 0 Å². The highest BCUT2D eigenvalue weighted by Gasteiger charge is 2.30. The molecule has 2 aromatic rings. The molecule has 1 atom stereocenters. The van der Waals surface area contributed by atoms with Gasteiger partial charge in [-0.3, -0.25) is 4.79 Å². The van der Waals surface area contributed by atoms with Crippen molar-refractivity contribution in [3.8, 4) is 0 Å². The first-order valence-corrected chi connectivity index (χ1v) is 8.87. The summed E-state index contributed by atoms with van der Waals surface area (Å²) in [5.41, 5.74) is -0.651. The molecule has 1 aliphatic carbocycles. The molecular weight excluding hydrogens is 339 g/mol. The number of nitrogens with one attached hydrogen (secondary N) is 1. The third-order valence-electron chi connectivity index (χ3n) is 5.19. The number of aromatic carboxylic acids is 1. The lowest BCUT2D eigenvalue weighted by Crippen LogP contribution is -2.26. The van der Waals surface area contributed by atoms with Gasteiger partial charge in [-0.25, -0.2) is 14.2 Å². The van der Waals surface area contributed by atoms with Crippen molar-refractivity contribution in [3.63, 3.8) is 0 Å². The monoisotopic (exact) mass is 360 g/mol. The highest BCUT2D eigenvalue weighted by Crippen LogP contribution is 2.37. The van der Waals surface area contributed by atoms with Crippen LogP contribution in [0.2, 0.25) is 0 Å². The van der Waals surface area contributed by atoms with Gasteiger partial charge in [0.05, 0.1) is 5.39 Å². The standard InChI is InChI=1S/C18H21FN4O3/c1-20-7-10-4-5-22(8-10)17-14(19)6-12-15(24)13(18(25)26)9-23(11-2-3-11)16(12)21-17/h6,9-11,20H,2-5,7-8H2,1H3,(H,25,26). The molecule has 1 unspecified atom stereocenters. The van der Waals surface area contributed by atoms with E-state index < -0.39 is 17.2 Å². The molecule has 2 fully saturated rings. The number of pyridine rings is 2. The van der Waals surface area contributed by atoms with Crippen molar-refractivity contribution in [2.45, 2.75) is 25.3 Å². The summed E-state index contributed by atoms with van der Waals surface area (Å²) in [5, 5.41) is 12.5. The van der Waals surface area contributed by atoms with Gasteiger partial charge in [-0.05, 0) is 44.8 Å². The van der Waals surface area contributed by atoms with E-state index in [0.717, 1.165) is 31.9 Å².